The van der Waals surface area contributed by atoms with Crippen molar-refractivity contribution >= 4 is 17.9 Å². The lowest BCUT2D eigenvalue weighted by Crippen LogP contribution is -2.59. The standard InChI is InChI=1S/C13H23N3O5/c1-4-14-11(17)10-7-21-6-5-16(10)13(20)15-9(3)8(2)12(18)19/h8-10H,4-7H2,1-3H3,(H,14,17)(H,15,20)(H,18,19). The van der Waals surface area contributed by atoms with Gasteiger partial charge in [0.25, 0.3) is 0 Å². The van der Waals surface area contributed by atoms with Gasteiger partial charge in [0, 0.05) is 19.1 Å². The SMILES string of the molecule is CCNC(=O)C1COCCN1C(=O)NC(C)C(C)C(=O)O. The number of hydrogen-bond acceptors (Lipinski definition) is 4. The van der Waals surface area contributed by atoms with Crippen molar-refractivity contribution in [3.8, 4) is 0 Å². The van der Waals surface area contributed by atoms with Gasteiger partial charge in [0.1, 0.15) is 6.04 Å². The molecule has 0 aliphatic carbocycles. The summed E-state index contributed by atoms with van der Waals surface area (Å²) in [6.45, 7) is 6.20. The molecule has 8 nitrogen and oxygen atoms in total. The van der Waals surface area contributed by atoms with E-state index in [-0.39, 0.29) is 12.5 Å². The predicted octanol–water partition coefficient (Wildman–Crippen LogP) is -0.358. The molecule has 0 aromatic rings. The van der Waals surface area contributed by atoms with Gasteiger partial charge in [0.05, 0.1) is 19.1 Å². The number of hydrogen-bond donors (Lipinski definition) is 3. The Morgan fingerprint density at radius 2 is 2.05 bits per heavy atom. The molecule has 0 aromatic carbocycles. The monoisotopic (exact) mass is 301 g/mol. The van der Waals surface area contributed by atoms with Crippen LogP contribution in [0, 0.1) is 5.92 Å². The van der Waals surface area contributed by atoms with Gasteiger partial charge >= 0.3 is 12.0 Å². The van der Waals surface area contributed by atoms with Crippen molar-refractivity contribution in [2.24, 2.45) is 5.92 Å². The van der Waals surface area contributed by atoms with Crippen molar-refractivity contribution in [3.63, 3.8) is 0 Å². The van der Waals surface area contributed by atoms with Crippen LogP contribution < -0.4 is 10.6 Å². The van der Waals surface area contributed by atoms with E-state index in [0.717, 1.165) is 0 Å². The average Bonchev–Trinajstić information content (AvgIpc) is 2.46. The van der Waals surface area contributed by atoms with E-state index in [0.29, 0.717) is 19.7 Å². The minimum atomic E-state index is -0.981. The second kappa shape index (κ2) is 7.82. The summed E-state index contributed by atoms with van der Waals surface area (Å²) >= 11 is 0. The molecule has 3 atom stereocenters. The quantitative estimate of drug-likeness (QED) is 0.643. The Kier molecular flexibility index (Phi) is 6.41. The molecule has 3 unspecified atom stereocenters. The maximum absolute atomic E-state index is 12.2. The van der Waals surface area contributed by atoms with E-state index in [2.05, 4.69) is 10.6 Å². The van der Waals surface area contributed by atoms with E-state index in [4.69, 9.17) is 9.84 Å². The fourth-order valence-corrected chi connectivity index (χ4v) is 1.97. The summed E-state index contributed by atoms with van der Waals surface area (Å²) in [4.78, 5) is 36.5. The van der Waals surface area contributed by atoms with Crippen LogP contribution in [0.4, 0.5) is 4.79 Å². The third-order valence-corrected chi connectivity index (χ3v) is 3.53. The molecule has 120 valence electrons. The van der Waals surface area contributed by atoms with Crippen LogP contribution in [0.25, 0.3) is 0 Å². The van der Waals surface area contributed by atoms with Gasteiger partial charge in [-0.15, -0.1) is 0 Å². The Balaban J connectivity index is 2.69. The lowest BCUT2D eigenvalue weighted by atomic mass is 10.0. The maximum atomic E-state index is 12.2. The van der Waals surface area contributed by atoms with Crippen LogP contribution in [0.2, 0.25) is 0 Å². The van der Waals surface area contributed by atoms with Crippen molar-refractivity contribution in [3.05, 3.63) is 0 Å². The molecule has 1 saturated heterocycles. The molecule has 0 radical (unpaired) electrons. The van der Waals surface area contributed by atoms with Crippen LogP contribution in [-0.2, 0) is 14.3 Å². The summed E-state index contributed by atoms with van der Waals surface area (Å²) < 4.78 is 5.24. The molecule has 1 aliphatic rings. The summed E-state index contributed by atoms with van der Waals surface area (Å²) in [5.74, 6) is -1.96. The van der Waals surface area contributed by atoms with Gasteiger partial charge in [-0.05, 0) is 20.8 Å². The van der Waals surface area contributed by atoms with Crippen LogP contribution in [0.1, 0.15) is 20.8 Å². The molecule has 21 heavy (non-hydrogen) atoms. The second-order valence-corrected chi connectivity index (χ2v) is 5.04. The number of likely N-dealkylation sites (N-methyl/N-ethyl adjacent to an activating group) is 1. The number of aliphatic carboxylic acids is 1. The van der Waals surface area contributed by atoms with Crippen LogP contribution in [0.3, 0.4) is 0 Å². The molecule has 1 rings (SSSR count). The Hall–Kier alpha value is -1.83. The molecular weight excluding hydrogens is 278 g/mol. The number of urea groups is 1. The van der Waals surface area contributed by atoms with E-state index in [1.54, 1.807) is 13.8 Å². The normalized spacial score (nSPS) is 21.3. The predicted molar refractivity (Wildman–Crippen MR) is 74.8 cm³/mol. The minimum absolute atomic E-state index is 0.141. The number of ether oxygens (including phenoxy) is 1. The van der Waals surface area contributed by atoms with E-state index >= 15 is 0 Å². The first-order valence-corrected chi connectivity index (χ1v) is 7.03. The van der Waals surface area contributed by atoms with E-state index in [1.807, 2.05) is 0 Å². The Morgan fingerprint density at radius 3 is 2.62 bits per heavy atom. The van der Waals surface area contributed by atoms with Crippen molar-refractivity contribution < 1.29 is 24.2 Å². The maximum Gasteiger partial charge on any atom is 0.318 e. The van der Waals surface area contributed by atoms with Crippen LogP contribution in [0.5, 0.6) is 0 Å². The molecule has 0 aromatic heterocycles. The van der Waals surface area contributed by atoms with Crippen molar-refractivity contribution in [1.29, 1.82) is 0 Å². The largest absolute Gasteiger partial charge is 0.481 e. The summed E-state index contributed by atoms with van der Waals surface area (Å²) in [6.07, 6.45) is 0. The highest BCUT2D eigenvalue weighted by molar-refractivity contribution is 5.87. The zero-order chi connectivity index (χ0) is 16.0. The number of carbonyl (C=O) groups excluding carboxylic acids is 2. The second-order valence-electron chi connectivity index (χ2n) is 5.04. The van der Waals surface area contributed by atoms with Gasteiger partial charge in [-0.25, -0.2) is 4.79 Å². The number of carbonyl (C=O) groups is 3. The first-order valence-electron chi connectivity index (χ1n) is 7.03. The summed E-state index contributed by atoms with van der Waals surface area (Å²) in [5, 5.41) is 14.2. The Morgan fingerprint density at radius 1 is 1.38 bits per heavy atom. The van der Waals surface area contributed by atoms with E-state index < -0.39 is 30.0 Å². The lowest BCUT2D eigenvalue weighted by Gasteiger charge is -2.35. The first-order chi connectivity index (χ1) is 9.88. The summed E-state index contributed by atoms with van der Waals surface area (Å²) in [5.41, 5.74) is 0. The number of amides is 3. The first kappa shape index (κ1) is 17.2. The van der Waals surface area contributed by atoms with Gasteiger partial charge < -0.3 is 25.4 Å². The zero-order valence-corrected chi connectivity index (χ0v) is 12.6. The van der Waals surface area contributed by atoms with Crippen molar-refractivity contribution in [2.45, 2.75) is 32.9 Å². The third-order valence-electron chi connectivity index (χ3n) is 3.53. The minimum Gasteiger partial charge on any atom is -0.481 e. The van der Waals surface area contributed by atoms with Crippen molar-refractivity contribution in [1.82, 2.24) is 15.5 Å². The van der Waals surface area contributed by atoms with Crippen LogP contribution >= 0.6 is 0 Å². The number of carboxylic acid groups (broad SMARTS) is 1. The number of nitrogens with one attached hydrogen (secondary N) is 2. The summed E-state index contributed by atoms with van der Waals surface area (Å²) in [7, 11) is 0. The molecule has 1 fully saturated rings. The number of nitrogens with zero attached hydrogens (tertiary/aromatic N) is 1. The fraction of sp³-hybridized carbons (Fsp3) is 0.769. The van der Waals surface area contributed by atoms with Gasteiger partial charge in [0.15, 0.2) is 0 Å². The fourth-order valence-electron chi connectivity index (χ4n) is 1.97. The molecule has 0 saturated carbocycles. The molecule has 1 aliphatic heterocycles. The highest BCUT2D eigenvalue weighted by Gasteiger charge is 2.34. The Labute approximate surface area is 123 Å². The molecule has 0 bridgehead atoms. The number of carboxylic acids is 1. The van der Waals surface area contributed by atoms with E-state index in [1.165, 1.54) is 11.8 Å². The summed E-state index contributed by atoms with van der Waals surface area (Å²) in [6, 6.07) is -1.67. The topological polar surface area (TPSA) is 108 Å². The smallest absolute Gasteiger partial charge is 0.318 e. The van der Waals surface area contributed by atoms with E-state index in [9.17, 15) is 14.4 Å². The molecule has 3 amide bonds. The van der Waals surface area contributed by atoms with Gasteiger partial charge in [-0.3, -0.25) is 9.59 Å². The van der Waals surface area contributed by atoms with Gasteiger partial charge in [-0.2, -0.15) is 0 Å². The van der Waals surface area contributed by atoms with Crippen molar-refractivity contribution in [2.75, 3.05) is 26.3 Å². The zero-order valence-electron chi connectivity index (χ0n) is 12.6. The van der Waals surface area contributed by atoms with Gasteiger partial charge in [0.2, 0.25) is 5.91 Å². The van der Waals surface area contributed by atoms with Crippen LogP contribution in [-0.4, -0.2) is 66.3 Å². The molecule has 3 N–H and O–H groups in total. The number of rotatable bonds is 5. The molecule has 0 spiro atoms. The van der Waals surface area contributed by atoms with Gasteiger partial charge in [-0.1, -0.05) is 0 Å². The number of morpholine rings is 1. The van der Waals surface area contributed by atoms with Crippen LogP contribution in [0.15, 0.2) is 0 Å². The molecular formula is C13H23N3O5. The third kappa shape index (κ3) is 4.59. The Bertz CT molecular complexity index is 401. The lowest BCUT2D eigenvalue weighted by molar-refractivity contribution is -0.142. The molecule has 8 heteroatoms. The average molecular weight is 301 g/mol. The molecule has 1 heterocycles. The highest BCUT2D eigenvalue weighted by atomic mass is 16.5. The highest BCUT2D eigenvalue weighted by Crippen LogP contribution is 2.10.